The molecule has 0 saturated heterocycles. The summed E-state index contributed by atoms with van der Waals surface area (Å²) in [5, 5.41) is 5.82. The van der Waals surface area contributed by atoms with Crippen molar-refractivity contribution in [2.75, 3.05) is 16.2 Å². The predicted molar refractivity (Wildman–Crippen MR) is 140 cm³/mol. The first kappa shape index (κ1) is 26.2. The van der Waals surface area contributed by atoms with Crippen molar-refractivity contribution in [3.63, 3.8) is 0 Å². The second kappa shape index (κ2) is 10.9. The Balaban J connectivity index is 1.98. The normalized spacial score (nSPS) is 11.3. The van der Waals surface area contributed by atoms with Crippen LogP contribution in [-0.4, -0.2) is 32.8 Å². The van der Waals surface area contributed by atoms with Gasteiger partial charge in [0.05, 0.1) is 21.8 Å². The minimum atomic E-state index is -4.11. The Morgan fingerprint density at radius 2 is 1.63 bits per heavy atom. The van der Waals surface area contributed by atoms with Crippen LogP contribution in [0, 0.1) is 13.8 Å². The van der Waals surface area contributed by atoms with Crippen molar-refractivity contribution in [2.45, 2.75) is 38.6 Å². The van der Waals surface area contributed by atoms with Gasteiger partial charge in [0, 0.05) is 11.1 Å². The van der Waals surface area contributed by atoms with E-state index < -0.39 is 22.5 Å². The van der Waals surface area contributed by atoms with E-state index >= 15 is 0 Å². The molecule has 0 fully saturated rings. The van der Waals surface area contributed by atoms with E-state index in [0.717, 1.165) is 9.87 Å². The van der Waals surface area contributed by atoms with Crippen LogP contribution in [0.3, 0.4) is 0 Å². The molecule has 184 valence electrons. The fourth-order valence-electron chi connectivity index (χ4n) is 3.44. The van der Waals surface area contributed by atoms with Gasteiger partial charge in [-0.3, -0.25) is 13.9 Å². The number of benzene rings is 3. The van der Waals surface area contributed by atoms with Gasteiger partial charge >= 0.3 is 0 Å². The van der Waals surface area contributed by atoms with Gasteiger partial charge in [0.15, 0.2) is 0 Å². The number of aryl methyl sites for hydroxylation is 2. The maximum atomic E-state index is 13.6. The average Bonchev–Trinajstić information content (AvgIpc) is 2.79. The summed E-state index contributed by atoms with van der Waals surface area (Å²) in [4.78, 5) is 25.8. The average molecular weight is 514 g/mol. The topological polar surface area (TPSA) is 95.6 Å². The number of nitrogens with one attached hydrogen (secondary N) is 2. The molecule has 0 radical (unpaired) electrons. The van der Waals surface area contributed by atoms with Crippen molar-refractivity contribution in [3.8, 4) is 0 Å². The third-order valence-electron chi connectivity index (χ3n) is 5.20. The zero-order chi connectivity index (χ0) is 25.8. The lowest BCUT2D eigenvalue weighted by atomic mass is 10.1. The van der Waals surface area contributed by atoms with E-state index in [4.69, 9.17) is 11.6 Å². The van der Waals surface area contributed by atoms with Gasteiger partial charge in [0.25, 0.3) is 15.9 Å². The molecule has 3 aromatic rings. The number of halogens is 1. The van der Waals surface area contributed by atoms with E-state index in [1.54, 1.807) is 55.5 Å². The maximum absolute atomic E-state index is 13.6. The standard InChI is InChI=1S/C26H28ClN3O4S/c1-17(2)28-26(32)22-7-5-6-8-23(22)29-25(31)16-30(24-15-20(27)12-11-19(24)4)35(33,34)21-13-9-18(3)10-14-21/h5-15,17H,16H2,1-4H3,(H,28,32)(H,29,31). The van der Waals surface area contributed by atoms with Crippen molar-refractivity contribution in [3.05, 3.63) is 88.4 Å². The van der Waals surface area contributed by atoms with E-state index in [9.17, 15) is 18.0 Å². The number of anilines is 2. The van der Waals surface area contributed by atoms with Crippen LogP contribution in [0.4, 0.5) is 11.4 Å². The summed E-state index contributed by atoms with van der Waals surface area (Å²) < 4.78 is 28.3. The quantitative estimate of drug-likeness (QED) is 0.446. The van der Waals surface area contributed by atoms with Crippen molar-refractivity contribution < 1.29 is 18.0 Å². The first-order valence-corrected chi connectivity index (χ1v) is 12.9. The number of rotatable bonds is 8. The lowest BCUT2D eigenvalue weighted by Gasteiger charge is -2.26. The molecule has 0 aliphatic heterocycles. The highest BCUT2D eigenvalue weighted by Crippen LogP contribution is 2.30. The number of hydrogen-bond donors (Lipinski definition) is 2. The summed E-state index contributed by atoms with van der Waals surface area (Å²) in [7, 11) is -4.11. The summed E-state index contributed by atoms with van der Waals surface area (Å²) in [6.45, 7) is 6.75. The summed E-state index contributed by atoms with van der Waals surface area (Å²) in [5.74, 6) is -0.949. The van der Waals surface area contributed by atoms with E-state index in [-0.39, 0.29) is 28.1 Å². The molecule has 2 N–H and O–H groups in total. The molecule has 0 saturated carbocycles. The van der Waals surface area contributed by atoms with Gasteiger partial charge in [0.2, 0.25) is 5.91 Å². The first-order chi connectivity index (χ1) is 16.5. The number of amides is 2. The Morgan fingerprint density at radius 3 is 2.29 bits per heavy atom. The van der Waals surface area contributed by atoms with Crippen LogP contribution < -0.4 is 14.9 Å². The predicted octanol–water partition coefficient (Wildman–Crippen LogP) is 4.93. The number of para-hydroxylation sites is 1. The highest BCUT2D eigenvalue weighted by atomic mass is 35.5. The number of carbonyl (C=O) groups excluding carboxylic acids is 2. The first-order valence-electron chi connectivity index (χ1n) is 11.0. The van der Waals surface area contributed by atoms with Gasteiger partial charge < -0.3 is 10.6 Å². The second-order valence-electron chi connectivity index (χ2n) is 8.48. The highest BCUT2D eigenvalue weighted by Gasteiger charge is 2.29. The van der Waals surface area contributed by atoms with Gasteiger partial charge in [0.1, 0.15) is 6.54 Å². The second-order valence-corrected chi connectivity index (χ2v) is 10.8. The smallest absolute Gasteiger partial charge is 0.264 e. The number of nitrogens with zero attached hydrogens (tertiary/aromatic N) is 1. The molecule has 0 spiro atoms. The number of carbonyl (C=O) groups is 2. The molecule has 9 heteroatoms. The SMILES string of the molecule is Cc1ccc(S(=O)(=O)N(CC(=O)Nc2ccccc2C(=O)NC(C)C)c2cc(Cl)ccc2C)cc1. The Morgan fingerprint density at radius 1 is 0.971 bits per heavy atom. The van der Waals surface area contributed by atoms with Gasteiger partial charge in [-0.25, -0.2) is 8.42 Å². The Bertz CT molecular complexity index is 1340. The van der Waals surface area contributed by atoms with Crippen LogP contribution in [0.2, 0.25) is 5.02 Å². The van der Waals surface area contributed by atoms with E-state index in [0.29, 0.717) is 16.3 Å². The fourth-order valence-corrected chi connectivity index (χ4v) is 5.08. The van der Waals surface area contributed by atoms with Gasteiger partial charge in [-0.1, -0.05) is 47.5 Å². The van der Waals surface area contributed by atoms with Crippen LogP contribution >= 0.6 is 11.6 Å². The van der Waals surface area contributed by atoms with Crippen LogP contribution in [-0.2, 0) is 14.8 Å². The van der Waals surface area contributed by atoms with Crippen molar-refractivity contribution in [1.29, 1.82) is 0 Å². The molecule has 0 heterocycles. The van der Waals surface area contributed by atoms with Crippen LogP contribution in [0.1, 0.15) is 35.3 Å². The molecular weight excluding hydrogens is 486 g/mol. The van der Waals surface area contributed by atoms with Gasteiger partial charge in [-0.15, -0.1) is 0 Å². The summed E-state index contributed by atoms with van der Waals surface area (Å²) in [6.07, 6.45) is 0. The molecule has 0 aromatic heterocycles. The highest BCUT2D eigenvalue weighted by molar-refractivity contribution is 7.92. The van der Waals surface area contributed by atoms with Gasteiger partial charge in [-0.2, -0.15) is 0 Å². The van der Waals surface area contributed by atoms with Crippen molar-refractivity contribution >= 4 is 44.8 Å². The lowest BCUT2D eigenvalue weighted by Crippen LogP contribution is -2.39. The molecule has 2 amide bonds. The third-order valence-corrected chi connectivity index (χ3v) is 7.21. The van der Waals surface area contributed by atoms with E-state index in [1.165, 1.54) is 18.2 Å². The monoisotopic (exact) mass is 513 g/mol. The van der Waals surface area contributed by atoms with Gasteiger partial charge in [-0.05, 0) is 69.7 Å². The fraction of sp³-hybridized carbons (Fsp3) is 0.231. The largest absolute Gasteiger partial charge is 0.350 e. The third kappa shape index (κ3) is 6.41. The van der Waals surface area contributed by atoms with Crippen LogP contribution in [0.25, 0.3) is 0 Å². The summed E-state index contributed by atoms with van der Waals surface area (Å²) >= 11 is 6.17. The zero-order valence-electron chi connectivity index (χ0n) is 20.0. The molecule has 3 aromatic carbocycles. The minimum Gasteiger partial charge on any atom is -0.350 e. The Hall–Kier alpha value is -3.36. The molecule has 3 rings (SSSR count). The maximum Gasteiger partial charge on any atom is 0.264 e. The molecule has 0 aliphatic carbocycles. The van der Waals surface area contributed by atoms with Crippen LogP contribution in [0.5, 0.6) is 0 Å². The molecule has 0 bridgehead atoms. The molecular formula is C26H28ClN3O4S. The molecule has 7 nitrogen and oxygen atoms in total. The van der Waals surface area contributed by atoms with Crippen molar-refractivity contribution in [2.24, 2.45) is 0 Å². The Labute approximate surface area is 211 Å². The summed E-state index contributed by atoms with van der Waals surface area (Å²) in [5.41, 5.74) is 2.39. The van der Waals surface area contributed by atoms with Crippen molar-refractivity contribution in [1.82, 2.24) is 5.32 Å². The molecule has 35 heavy (non-hydrogen) atoms. The van der Waals surface area contributed by atoms with Crippen LogP contribution in [0.15, 0.2) is 71.6 Å². The number of sulfonamides is 1. The summed E-state index contributed by atoms with van der Waals surface area (Å²) in [6, 6.07) is 17.7. The molecule has 0 atom stereocenters. The molecule has 0 aliphatic rings. The zero-order valence-corrected chi connectivity index (χ0v) is 21.6. The molecule has 0 unspecified atom stereocenters. The number of hydrogen-bond acceptors (Lipinski definition) is 4. The lowest BCUT2D eigenvalue weighted by molar-refractivity contribution is -0.114. The minimum absolute atomic E-state index is 0.0481. The Kier molecular flexibility index (Phi) is 8.19. The van der Waals surface area contributed by atoms with E-state index in [2.05, 4.69) is 10.6 Å². The van der Waals surface area contributed by atoms with E-state index in [1.807, 2.05) is 20.8 Å².